The molecule has 1 aliphatic rings. The zero-order valence-corrected chi connectivity index (χ0v) is 9.43. The van der Waals surface area contributed by atoms with Crippen LogP contribution in [0.4, 0.5) is 11.6 Å². The lowest BCUT2D eigenvalue weighted by molar-refractivity contribution is 0.122. The molecule has 0 atom stereocenters. The first-order valence-corrected chi connectivity index (χ1v) is 5.28. The Morgan fingerprint density at radius 3 is 2.73 bits per heavy atom. The molecule has 0 amide bonds. The third kappa shape index (κ3) is 2.10. The molecule has 3 N–H and O–H groups in total. The summed E-state index contributed by atoms with van der Waals surface area (Å²) in [7, 11) is 0. The van der Waals surface area contributed by atoms with Crippen LogP contribution >= 0.6 is 12.2 Å². The highest BCUT2D eigenvalue weighted by Crippen LogP contribution is 2.15. The highest BCUT2D eigenvalue weighted by Gasteiger charge is 2.13. The number of aromatic nitrogens is 2. The van der Waals surface area contributed by atoms with Gasteiger partial charge in [-0.3, -0.25) is 0 Å². The molecule has 1 aromatic heterocycles. The summed E-state index contributed by atoms with van der Waals surface area (Å²) in [6.07, 6.45) is 0. The second-order valence-corrected chi connectivity index (χ2v) is 3.89. The lowest BCUT2D eigenvalue weighted by Crippen LogP contribution is -2.37. The quantitative estimate of drug-likeness (QED) is 0.695. The number of aromatic amines is 1. The van der Waals surface area contributed by atoms with Gasteiger partial charge in [0, 0.05) is 18.8 Å². The maximum atomic E-state index is 5.74. The number of H-pyrrole nitrogens is 1. The van der Waals surface area contributed by atoms with Crippen LogP contribution in [0.15, 0.2) is 0 Å². The molecule has 1 aliphatic heterocycles. The molecule has 0 radical (unpaired) electrons. The van der Waals surface area contributed by atoms with E-state index in [2.05, 4.69) is 14.9 Å². The number of nitrogens with one attached hydrogen (secondary N) is 1. The van der Waals surface area contributed by atoms with Crippen LogP contribution in [0.25, 0.3) is 0 Å². The van der Waals surface area contributed by atoms with Crippen LogP contribution in [0.1, 0.15) is 5.69 Å². The summed E-state index contributed by atoms with van der Waals surface area (Å²) in [4.78, 5) is 9.53. The van der Waals surface area contributed by atoms with Gasteiger partial charge in [-0.15, -0.1) is 0 Å². The second-order valence-electron chi connectivity index (χ2n) is 3.50. The Kier molecular flexibility index (Phi) is 2.88. The normalized spacial score (nSPS) is 16.7. The first-order chi connectivity index (χ1) is 7.18. The van der Waals surface area contributed by atoms with Crippen LogP contribution in [0.2, 0.25) is 0 Å². The zero-order chi connectivity index (χ0) is 10.8. The standard InChI is InChI=1S/C9H14N4OS/c1-6-7(10)8(15)12-9(11-6)13-2-4-14-5-3-13/h2-5,10H2,1H3,(H,11,12,15). The van der Waals surface area contributed by atoms with Gasteiger partial charge < -0.3 is 20.4 Å². The molecule has 0 aliphatic carbocycles. The van der Waals surface area contributed by atoms with E-state index in [1.165, 1.54) is 0 Å². The van der Waals surface area contributed by atoms with Gasteiger partial charge in [-0.2, -0.15) is 0 Å². The monoisotopic (exact) mass is 226 g/mol. The SMILES string of the molecule is Cc1[nH]c(N2CCOCC2)nc(=S)c1N. The zero-order valence-electron chi connectivity index (χ0n) is 8.62. The molecule has 2 rings (SSSR count). The van der Waals surface area contributed by atoms with Gasteiger partial charge in [0.1, 0.15) is 0 Å². The van der Waals surface area contributed by atoms with Crippen molar-refractivity contribution in [2.24, 2.45) is 0 Å². The molecule has 1 saturated heterocycles. The summed E-state index contributed by atoms with van der Waals surface area (Å²) >= 11 is 5.08. The van der Waals surface area contributed by atoms with E-state index >= 15 is 0 Å². The number of nitrogen functional groups attached to an aromatic ring is 1. The van der Waals surface area contributed by atoms with Crippen LogP contribution in [0.3, 0.4) is 0 Å². The van der Waals surface area contributed by atoms with Crippen molar-refractivity contribution in [1.82, 2.24) is 9.97 Å². The molecule has 0 unspecified atom stereocenters. The fourth-order valence-corrected chi connectivity index (χ4v) is 1.74. The van der Waals surface area contributed by atoms with Gasteiger partial charge in [0.15, 0.2) is 4.64 Å². The molecule has 0 spiro atoms. The molecule has 5 nitrogen and oxygen atoms in total. The number of rotatable bonds is 1. The average molecular weight is 226 g/mol. The molecule has 82 valence electrons. The Hall–Kier alpha value is -1.14. The number of hydrogen-bond donors (Lipinski definition) is 2. The Bertz CT molecular complexity index is 411. The van der Waals surface area contributed by atoms with Crippen molar-refractivity contribution in [2.45, 2.75) is 6.92 Å². The van der Waals surface area contributed by atoms with E-state index in [4.69, 9.17) is 22.7 Å². The number of aryl methyl sites for hydroxylation is 1. The van der Waals surface area contributed by atoms with E-state index in [1.54, 1.807) is 0 Å². The molecule has 1 fully saturated rings. The van der Waals surface area contributed by atoms with Gasteiger partial charge in [0.25, 0.3) is 0 Å². The smallest absolute Gasteiger partial charge is 0.204 e. The molecule has 0 aromatic carbocycles. The number of nitrogens with zero attached hydrogens (tertiary/aromatic N) is 2. The van der Waals surface area contributed by atoms with E-state index < -0.39 is 0 Å². The van der Waals surface area contributed by atoms with Gasteiger partial charge in [-0.25, -0.2) is 4.98 Å². The summed E-state index contributed by atoms with van der Waals surface area (Å²) in [6.45, 7) is 5.03. The third-order valence-corrected chi connectivity index (χ3v) is 2.76. The van der Waals surface area contributed by atoms with E-state index in [0.717, 1.165) is 37.9 Å². The fraction of sp³-hybridized carbons (Fsp3) is 0.556. The van der Waals surface area contributed by atoms with Gasteiger partial charge >= 0.3 is 0 Å². The minimum atomic E-state index is 0.466. The summed E-state index contributed by atoms with van der Waals surface area (Å²) in [5.41, 5.74) is 7.17. The Morgan fingerprint density at radius 2 is 2.13 bits per heavy atom. The van der Waals surface area contributed by atoms with Crippen molar-refractivity contribution in [3.05, 3.63) is 10.3 Å². The highest BCUT2D eigenvalue weighted by atomic mass is 32.1. The molecule has 2 heterocycles. The van der Waals surface area contributed by atoms with Gasteiger partial charge in [0.2, 0.25) is 5.95 Å². The summed E-state index contributed by atoms with van der Waals surface area (Å²) in [6, 6.07) is 0. The van der Waals surface area contributed by atoms with Crippen molar-refractivity contribution in [3.8, 4) is 0 Å². The fourth-order valence-electron chi connectivity index (χ4n) is 1.50. The largest absolute Gasteiger partial charge is 0.395 e. The van der Waals surface area contributed by atoms with Crippen LogP contribution < -0.4 is 10.6 Å². The van der Waals surface area contributed by atoms with Crippen molar-refractivity contribution >= 4 is 23.9 Å². The van der Waals surface area contributed by atoms with Crippen molar-refractivity contribution < 1.29 is 4.74 Å². The Balaban J connectivity index is 2.32. The van der Waals surface area contributed by atoms with Crippen LogP contribution in [-0.4, -0.2) is 36.3 Å². The highest BCUT2D eigenvalue weighted by molar-refractivity contribution is 7.71. The molecule has 15 heavy (non-hydrogen) atoms. The van der Waals surface area contributed by atoms with Crippen LogP contribution in [0, 0.1) is 11.6 Å². The first-order valence-electron chi connectivity index (χ1n) is 4.87. The van der Waals surface area contributed by atoms with Crippen LogP contribution in [-0.2, 0) is 4.74 Å². The lowest BCUT2D eigenvalue weighted by atomic mass is 10.4. The molecule has 1 aromatic rings. The summed E-state index contributed by atoms with van der Waals surface area (Å²) in [5, 5.41) is 0. The predicted octanol–water partition coefficient (Wildman–Crippen LogP) is 0.866. The Labute approximate surface area is 93.3 Å². The Morgan fingerprint density at radius 1 is 1.47 bits per heavy atom. The molecule has 0 bridgehead atoms. The van der Waals surface area contributed by atoms with Crippen molar-refractivity contribution in [3.63, 3.8) is 0 Å². The van der Waals surface area contributed by atoms with Gasteiger partial charge in [0.05, 0.1) is 18.9 Å². The number of ether oxygens (including phenoxy) is 1. The van der Waals surface area contributed by atoms with Crippen molar-refractivity contribution in [2.75, 3.05) is 36.9 Å². The topological polar surface area (TPSA) is 67.2 Å². The number of hydrogen-bond acceptors (Lipinski definition) is 5. The minimum absolute atomic E-state index is 0.466. The molecule has 6 heteroatoms. The van der Waals surface area contributed by atoms with E-state index in [1.807, 2.05) is 6.92 Å². The lowest BCUT2D eigenvalue weighted by Gasteiger charge is -2.27. The summed E-state index contributed by atoms with van der Waals surface area (Å²) in [5.74, 6) is 0.787. The van der Waals surface area contributed by atoms with Crippen LogP contribution in [0.5, 0.6) is 0 Å². The number of nitrogens with two attached hydrogens (primary N) is 1. The third-order valence-electron chi connectivity index (χ3n) is 2.45. The predicted molar refractivity (Wildman–Crippen MR) is 61.6 cm³/mol. The molecular weight excluding hydrogens is 212 g/mol. The van der Waals surface area contributed by atoms with E-state index in [-0.39, 0.29) is 0 Å². The molecule has 0 saturated carbocycles. The number of morpholine rings is 1. The van der Waals surface area contributed by atoms with E-state index in [0.29, 0.717) is 10.3 Å². The number of anilines is 2. The van der Waals surface area contributed by atoms with E-state index in [9.17, 15) is 0 Å². The minimum Gasteiger partial charge on any atom is -0.395 e. The van der Waals surface area contributed by atoms with Crippen molar-refractivity contribution in [1.29, 1.82) is 0 Å². The van der Waals surface area contributed by atoms with Gasteiger partial charge in [-0.1, -0.05) is 12.2 Å². The second kappa shape index (κ2) is 4.16. The maximum Gasteiger partial charge on any atom is 0.204 e. The maximum absolute atomic E-state index is 5.74. The summed E-state index contributed by atoms with van der Waals surface area (Å²) < 4.78 is 5.74. The van der Waals surface area contributed by atoms with Gasteiger partial charge in [-0.05, 0) is 6.92 Å². The first kappa shape index (κ1) is 10.4. The average Bonchev–Trinajstić information content (AvgIpc) is 2.26. The molecular formula is C9H14N4OS.